The number of nitrogens with one attached hydrogen (secondary N) is 2. The number of hydrogen-bond donors (Lipinski definition) is 2. The molecule has 0 spiro atoms. The first-order chi connectivity index (χ1) is 15.4. The molecule has 1 aliphatic rings. The van der Waals surface area contributed by atoms with Gasteiger partial charge in [-0.1, -0.05) is 6.42 Å². The van der Waals surface area contributed by atoms with Crippen molar-refractivity contribution < 1.29 is 9.53 Å². The Labute approximate surface area is 192 Å². The number of carbonyl (C=O) groups is 1. The number of thiazole rings is 1. The fourth-order valence-corrected chi connectivity index (χ4v) is 4.91. The molecule has 3 aromatic rings. The molecule has 0 radical (unpaired) electrons. The van der Waals surface area contributed by atoms with Crippen molar-refractivity contribution in [3.63, 3.8) is 0 Å². The SMILES string of the molecule is Cc1nc(C)c(C(=O)Nc2ccc(OCC3CCCCN3)c(-c3c(C)ncnc3C)c2)s1. The second-order valence-electron chi connectivity index (χ2n) is 8.19. The highest BCUT2D eigenvalue weighted by Crippen LogP contribution is 2.36. The summed E-state index contributed by atoms with van der Waals surface area (Å²) in [5, 5.41) is 7.42. The number of benzene rings is 1. The van der Waals surface area contributed by atoms with Crippen molar-refractivity contribution in [1.29, 1.82) is 0 Å². The van der Waals surface area contributed by atoms with E-state index in [0.717, 1.165) is 51.9 Å². The van der Waals surface area contributed by atoms with Crippen LogP contribution in [0.25, 0.3) is 11.1 Å². The number of ether oxygens (including phenoxy) is 1. The van der Waals surface area contributed by atoms with E-state index in [9.17, 15) is 4.79 Å². The standard InChI is InChI=1S/C24H29N5O2S/c1-14-22(15(2)27-13-26-14)20-11-18(29-24(30)23-16(3)28-17(4)32-23)8-9-21(20)31-12-19-7-5-6-10-25-19/h8-9,11,13,19,25H,5-7,10,12H2,1-4H3,(H,29,30). The van der Waals surface area contributed by atoms with E-state index in [1.54, 1.807) is 6.33 Å². The van der Waals surface area contributed by atoms with Crippen molar-refractivity contribution in [3.05, 3.63) is 51.5 Å². The predicted octanol–water partition coefficient (Wildman–Crippen LogP) is 4.61. The van der Waals surface area contributed by atoms with Gasteiger partial charge in [0, 0.05) is 34.2 Å². The molecule has 2 N–H and O–H groups in total. The molecule has 0 aliphatic carbocycles. The molecule has 0 bridgehead atoms. The summed E-state index contributed by atoms with van der Waals surface area (Å²) in [5.74, 6) is 0.609. The first-order valence-corrected chi connectivity index (χ1v) is 11.8. The Morgan fingerprint density at radius 2 is 1.94 bits per heavy atom. The van der Waals surface area contributed by atoms with Crippen molar-refractivity contribution in [2.45, 2.75) is 53.0 Å². The Kier molecular flexibility index (Phi) is 6.81. The van der Waals surface area contributed by atoms with E-state index in [1.165, 1.54) is 24.2 Å². The van der Waals surface area contributed by atoms with E-state index in [-0.39, 0.29) is 5.91 Å². The summed E-state index contributed by atoms with van der Waals surface area (Å²) in [7, 11) is 0. The van der Waals surface area contributed by atoms with Crippen molar-refractivity contribution in [3.8, 4) is 16.9 Å². The van der Waals surface area contributed by atoms with E-state index >= 15 is 0 Å². The van der Waals surface area contributed by atoms with E-state index in [2.05, 4.69) is 25.6 Å². The van der Waals surface area contributed by atoms with Gasteiger partial charge < -0.3 is 15.4 Å². The fraction of sp³-hybridized carbons (Fsp3) is 0.417. The summed E-state index contributed by atoms with van der Waals surface area (Å²) in [4.78, 5) is 26.6. The Balaban J connectivity index is 1.64. The summed E-state index contributed by atoms with van der Waals surface area (Å²) >= 11 is 1.40. The fourth-order valence-electron chi connectivity index (χ4n) is 4.10. The van der Waals surface area contributed by atoms with Crippen LogP contribution in [-0.4, -0.2) is 40.1 Å². The molecule has 1 saturated heterocycles. The first-order valence-electron chi connectivity index (χ1n) is 11.0. The molecule has 1 aromatic carbocycles. The third-order valence-electron chi connectivity index (χ3n) is 5.70. The number of aromatic nitrogens is 3. The molecular formula is C24H29N5O2S. The largest absolute Gasteiger partial charge is 0.491 e. The van der Waals surface area contributed by atoms with Gasteiger partial charge in [-0.2, -0.15) is 0 Å². The van der Waals surface area contributed by atoms with Gasteiger partial charge in [0.25, 0.3) is 5.91 Å². The van der Waals surface area contributed by atoms with Gasteiger partial charge in [0.2, 0.25) is 0 Å². The number of piperidine rings is 1. The van der Waals surface area contributed by atoms with Gasteiger partial charge in [-0.3, -0.25) is 4.79 Å². The van der Waals surface area contributed by atoms with Gasteiger partial charge in [0.15, 0.2) is 0 Å². The zero-order valence-electron chi connectivity index (χ0n) is 19.0. The highest BCUT2D eigenvalue weighted by Gasteiger charge is 2.19. The highest BCUT2D eigenvalue weighted by atomic mass is 32.1. The third-order valence-corrected chi connectivity index (χ3v) is 6.77. The average Bonchev–Trinajstić information content (AvgIpc) is 3.12. The van der Waals surface area contributed by atoms with Crippen LogP contribution >= 0.6 is 11.3 Å². The molecule has 1 aliphatic heterocycles. The Morgan fingerprint density at radius 1 is 1.16 bits per heavy atom. The average molecular weight is 452 g/mol. The van der Waals surface area contributed by atoms with Crippen LogP contribution in [0.15, 0.2) is 24.5 Å². The number of hydrogen-bond acceptors (Lipinski definition) is 7. The molecule has 2 aromatic heterocycles. The quantitative estimate of drug-likeness (QED) is 0.569. The monoisotopic (exact) mass is 451 g/mol. The molecule has 168 valence electrons. The number of aryl methyl sites for hydroxylation is 4. The molecule has 4 rings (SSSR count). The number of carbonyl (C=O) groups excluding carboxylic acids is 1. The van der Waals surface area contributed by atoms with Gasteiger partial charge >= 0.3 is 0 Å². The Morgan fingerprint density at radius 3 is 2.59 bits per heavy atom. The first kappa shape index (κ1) is 22.4. The lowest BCUT2D eigenvalue weighted by atomic mass is 10.0. The van der Waals surface area contributed by atoms with Crippen molar-refractivity contribution in [1.82, 2.24) is 20.3 Å². The van der Waals surface area contributed by atoms with Gasteiger partial charge in [0.1, 0.15) is 23.6 Å². The molecule has 1 atom stereocenters. The predicted molar refractivity (Wildman–Crippen MR) is 128 cm³/mol. The summed E-state index contributed by atoms with van der Waals surface area (Å²) in [6, 6.07) is 6.10. The lowest BCUT2D eigenvalue weighted by molar-refractivity contribution is 0.103. The zero-order valence-corrected chi connectivity index (χ0v) is 19.8. The maximum atomic E-state index is 12.8. The van der Waals surface area contributed by atoms with Gasteiger partial charge in [0.05, 0.1) is 10.7 Å². The van der Waals surface area contributed by atoms with Crippen LogP contribution in [0, 0.1) is 27.7 Å². The van der Waals surface area contributed by atoms with E-state index in [0.29, 0.717) is 23.2 Å². The maximum Gasteiger partial charge on any atom is 0.267 e. The van der Waals surface area contributed by atoms with E-state index < -0.39 is 0 Å². The molecule has 1 amide bonds. The van der Waals surface area contributed by atoms with E-state index in [1.807, 2.05) is 45.9 Å². The second-order valence-corrected chi connectivity index (χ2v) is 9.39. The van der Waals surface area contributed by atoms with Crippen LogP contribution in [0.4, 0.5) is 5.69 Å². The van der Waals surface area contributed by atoms with Gasteiger partial charge in [-0.25, -0.2) is 15.0 Å². The molecule has 3 heterocycles. The minimum absolute atomic E-state index is 0.156. The summed E-state index contributed by atoms with van der Waals surface area (Å²) in [6.45, 7) is 9.32. The molecule has 7 nitrogen and oxygen atoms in total. The van der Waals surface area contributed by atoms with E-state index in [4.69, 9.17) is 4.74 Å². The lowest BCUT2D eigenvalue weighted by Gasteiger charge is -2.24. The summed E-state index contributed by atoms with van der Waals surface area (Å²) < 4.78 is 6.27. The van der Waals surface area contributed by atoms with Crippen molar-refractivity contribution in [2.24, 2.45) is 0 Å². The molecule has 8 heteroatoms. The van der Waals surface area contributed by atoms with Crippen LogP contribution in [0.5, 0.6) is 5.75 Å². The molecule has 32 heavy (non-hydrogen) atoms. The number of rotatable bonds is 6. The summed E-state index contributed by atoms with van der Waals surface area (Å²) in [6.07, 6.45) is 5.12. The van der Waals surface area contributed by atoms with Crippen molar-refractivity contribution in [2.75, 3.05) is 18.5 Å². The minimum atomic E-state index is -0.156. The maximum absolute atomic E-state index is 12.8. The molecule has 1 unspecified atom stereocenters. The van der Waals surface area contributed by atoms with Crippen molar-refractivity contribution >= 4 is 22.9 Å². The van der Waals surface area contributed by atoms with Crippen LogP contribution in [0.1, 0.15) is 51.0 Å². The number of nitrogens with zero attached hydrogens (tertiary/aromatic N) is 3. The normalized spacial score (nSPS) is 16.1. The zero-order chi connectivity index (χ0) is 22.7. The summed E-state index contributed by atoms with van der Waals surface area (Å²) in [5.41, 5.74) is 4.99. The van der Waals surface area contributed by atoms with Crippen LogP contribution < -0.4 is 15.4 Å². The topological polar surface area (TPSA) is 89.0 Å². The number of amides is 1. The van der Waals surface area contributed by atoms with Crippen LogP contribution in [0.3, 0.4) is 0 Å². The Bertz CT molecular complexity index is 1100. The molecule has 1 fully saturated rings. The highest BCUT2D eigenvalue weighted by molar-refractivity contribution is 7.13. The van der Waals surface area contributed by atoms with Gasteiger partial charge in [-0.05, 0) is 65.3 Å². The smallest absolute Gasteiger partial charge is 0.267 e. The van der Waals surface area contributed by atoms with Crippen LogP contribution in [0.2, 0.25) is 0 Å². The van der Waals surface area contributed by atoms with Crippen LogP contribution in [-0.2, 0) is 0 Å². The second kappa shape index (κ2) is 9.75. The minimum Gasteiger partial charge on any atom is -0.491 e. The van der Waals surface area contributed by atoms with Gasteiger partial charge in [-0.15, -0.1) is 11.3 Å². The number of anilines is 1. The third kappa shape index (κ3) is 4.97. The lowest BCUT2D eigenvalue weighted by Crippen LogP contribution is -2.38. The molecule has 0 saturated carbocycles. The molecular weight excluding hydrogens is 422 g/mol. The Hall–Kier alpha value is -2.84.